The fourth-order valence-electron chi connectivity index (χ4n) is 6.09. The van der Waals surface area contributed by atoms with E-state index in [1.165, 1.54) is 18.6 Å². The molecule has 0 saturated heterocycles. The van der Waals surface area contributed by atoms with E-state index in [0.717, 1.165) is 34.4 Å². The number of nitrogens with two attached hydrogens (primary N) is 1. The lowest BCUT2D eigenvalue weighted by Gasteiger charge is -2.41. The van der Waals surface area contributed by atoms with E-state index in [1.807, 2.05) is 72.8 Å². The number of aromatic nitrogens is 2. The largest absolute Gasteiger partial charge is 0.424 e. The summed E-state index contributed by atoms with van der Waals surface area (Å²) in [6.07, 6.45) is 14.7. The second kappa shape index (κ2) is 15.8. The minimum Gasteiger partial charge on any atom is -0.424 e. The normalized spacial score (nSPS) is 13.8. The van der Waals surface area contributed by atoms with E-state index >= 15 is 0 Å². The number of nitrogens with one attached hydrogen (secondary N) is 1. The highest BCUT2D eigenvalue weighted by Gasteiger charge is 2.49. The Morgan fingerprint density at radius 3 is 2.24 bits per heavy atom. The third-order valence-electron chi connectivity index (χ3n) is 9.13. The Bertz CT molecular complexity index is 1920. The lowest BCUT2D eigenvalue weighted by Crippen LogP contribution is -2.65. The van der Waals surface area contributed by atoms with E-state index in [1.54, 1.807) is 38.3 Å². The minimum absolute atomic E-state index is 0.236. The van der Waals surface area contributed by atoms with Crippen LogP contribution in [-0.4, -0.2) is 41.2 Å². The number of aryl methyl sites for hydroxylation is 2. The predicted molar refractivity (Wildman–Crippen MR) is 200 cm³/mol. The van der Waals surface area contributed by atoms with Gasteiger partial charge in [0.1, 0.15) is 0 Å². The molecule has 2 aromatic heterocycles. The average Bonchev–Trinajstić information content (AvgIpc) is 3.14. The summed E-state index contributed by atoms with van der Waals surface area (Å²) in [5.74, 6) is -0.737. The average molecular weight is 686 g/mol. The monoisotopic (exact) mass is 685 g/mol. The molecule has 9 nitrogen and oxygen atoms in total. The molecule has 0 unspecified atom stereocenters. The summed E-state index contributed by atoms with van der Waals surface area (Å²) >= 11 is 0. The highest BCUT2D eigenvalue weighted by atomic mass is 28.4. The molecule has 0 saturated carbocycles. The number of nitrogens with zero attached hydrogens (tertiary/aromatic N) is 3. The number of ether oxygens (including phenoxy) is 1. The molecule has 5 rings (SSSR count). The smallest absolute Gasteiger partial charge is 0.339 e. The first-order chi connectivity index (χ1) is 24.0. The fourth-order valence-corrected chi connectivity index (χ4v) is 9.83. The van der Waals surface area contributed by atoms with Crippen molar-refractivity contribution >= 4 is 36.8 Å². The van der Waals surface area contributed by atoms with Crippen molar-refractivity contribution in [3.05, 3.63) is 149 Å². The number of pyridine rings is 2. The standard InChI is InChI=1S/C40H43N5O4Si/c1-28(25-31-13-11-12-18-36(31)41)39(47)49-37-29(2)43-26-32(35(37)27-44-45-38(46)30-20-23-42-24-21-30)19-22-40(3,4)50(48,33-14-7-5-8-15-33)34-16-9-6-10-17-34/h5-10,13-18,20-21,23-27,48H,11-12,19,22,41H2,1-4H3,(H,45,46)/b28-25+,44-27+. The first-order valence-electron chi connectivity index (χ1n) is 16.6. The Labute approximate surface area is 294 Å². The van der Waals surface area contributed by atoms with Gasteiger partial charge < -0.3 is 15.3 Å². The molecule has 1 aliphatic rings. The Morgan fingerprint density at radius 1 is 1.00 bits per heavy atom. The van der Waals surface area contributed by atoms with Gasteiger partial charge in [-0.25, -0.2) is 10.2 Å². The third-order valence-corrected chi connectivity index (χ3v) is 13.7. The molecule has 50 heavy (non-hydrogen) atoms. The Hall–Kier alpha value is -5.45. The van der Waals surface area contributed by atoms with Crippen LogP contribution in [0.15, 0.2) is 132 Å². The van der Waals surface area contributed by atoms with Gasteiger partial charge in [-0.3, -0.25) is 14.8 Å². The molecule has 0 atom stereocenters. The molecular formula is C40H43N5O4Si. The lowest BCUT2D eigenvalue weighted by molar-refractivity contribution is -0.130. The van der Waals surface area contributed by atoms with E-state index in [9.17, 15) is 14.4 Å². The summed E-state index contributed by atoms with van der Waals surface area (Å²) in [4.78, 5) is 47.6. The molecule has 0 fully saturated rings. The van der Waals surface area contributed by atoms with Crippen LogP contribution in [0.1, 0.15) is 67.2 Å². The summed E-state index contributed by atoms with van der Waals surface area (Å²) in [7, 11) is -3.30. The van der Waals surface area contributed by atoms with Gasteiger partial charge >= 0.3 is 5.97 Å². The van der Waals surface area contributed by atoms with Crippen molar-refractivity contribution < 1.29 is 19.1 Å². The van der Waals surface area contributed by atoms with Gasteiger partial charge in [0.2, 0.25) is 0 Å². The molecule has 0 aliphatic heterocycles. The molecule has 1 amide bonds. The van der Waals surface area contributed by atoms with Crippen molar-refractivity contribution in [1.29, 1.82) is 0 Å². The summed E-state index contributed by atoms with van der Waals surface area (Å²) in [6, 6.07) is 22.9. The zero-order valence-electron chi connectivity index (χ0n) is 28.9. The molecular weight excluding hydrogens is 643 g/mol. The molecule has 2 heterocycles. The van der Waals surface area contributed by atoms with Gasteiger partial charge in [0, 0.05) is 41.0 Å². The van der Waals surface area contributed by atoms with E-state index in [2.05, 4.69) is 34.3 Å². The van der Waals surface area contributed by atoms with Crippen LogP contribution < -0.4 is 26.3 Å². The van der Waals surface area contributed by atoms with Gasteiger partial charge in [0.25, 0.3) is 14.2 Å². The van der Waals surface area contributed by atoms with Gasteiger partial charge in [-0.2, -0.15) is 5.10 Å². The first-order valence-corrected chi connectivity index (χ1v) is 18.6. The van der Waals surface area contributed by atoms with Crippen molar-refractivity contribution in [1.82, 2.24) is 15.4 Å². The number of esters is 1. The molecule has 0 radical (unpaired) electrons. The van der Waals surface area contributed by atoms with Crippen LogP contribution in [0.2, 0.25) is 5.04 Å². The SMILES string of the molecule is C/C(=C\C1=CCCC=C1N)C(=O)Oc1c(C)ncc(CCC(C)(C)[Si](O)(c2ccccc2)c2ccccc2)c1/C=N/NC(=O)c1ccncc1. The Kier molecular flexibility index (Phi) is 11.4. The van der Waals surface area contributed by atoms with Crippen LogP contribution in [0.4, 0.5) is 0 Å². The molecule has 1 aliphatic carbocycles. The highest BCUT2D eigenvalue weighted by molar-refractivity contribution is 6.98. The topological polar surface area (TPSA) is 140 Å². The van der Waals surface area contributed by atoms with Crippen LogP contribution in [-0.2, 0) is 11.2 Å². The molecule has 4 N–H and O–H groups in total. The van der Waals surface area contributed by atoms with Gasteiger partial charge in [-0.1, -0.05) is 86.7 Å². The van der Waals surface area contributed by atoms with Gasteiger partial charge in [0.15, 0.2) is 5.75 Å². The zero-order chi connectivity index (χ0) is 35.7. The summed E-state index contributed by atoms with van der Waals surface area (Å²) in [5, 5.41) is 5.55. The maximum absolute atomic E-state index is 13.5. The van der Waals surface area contributed by atoms with Crippen molar-refractivity contribution in [2.75, 3.05) is 0 Å². The third kappa shape index (κ3) is 8.04. The summed E-state index contributed by atoms with van der Waals surface area (Å²) in [5.41, 5.74) is 12.6. The van der Waals surface area contributed by atoms with Crippen molar-refractivity contribution in [3.63, 3.8) is 0 Å². The van der Waals surface area contributed by atoms with Gasteiger partial charge in [-0.15, -0.1) is 0 Å². The maximum Gasteiger partial charge on any atom is 0.339 e. The van der Waals surface area contributed by atoms with Crippen LogP contribution in [0.3, 0.4) is 0 Å². The van der Waals surface area contributed by atoms with E-state index in [-0.39, 0.29) is 5.75 Å². The molecule has 0 bridgehead atoms. The number of hydrogen-bond donors (Lipinski definition) is 3. The van der Waals surface area contributed by atoms with Crippen LogP contribution >= 0.6 is 0 Å². The number of amides is 1. The second-order valence-corrected chi connectivity index (χ2v) is 16.9. The Balaban J connectivity index is 1.50. The highest BCUT2D eigenvalue weighted by Crippen LogP contribution is 2.40. The fraction of sp³-hybridized carbons (Fsp3) is 0.225. The first kappa shape index (κ1) is 35.8. The minimum atomic E-state index is -3.30. The number of carbonyl (C=O) groups excluding carboxylic acids is 2. The molecule has 4 aromatic rings. The van der Waals surface area contributed by atoms with E-state index in [4.69, 9.17) is 10.5 Å². The van der Waals surface area contributed by atoms with Crippen LogP contribution in [0.25, 0.3) is 0 Å². The molecule has 10 heteroatoms. The molecule has 256 valence electrons. The predicted octanol–water partition coefficient (Wildman–Crippen LogP) is 5.43. The van der Waals surface area contributed by atoms with Crippen molar-refractivity contribution in [2.24, 2.45) is 10.8 Å². The summed E-state index contributed by atoms with van der Waals surface area (Å²) < 4.78 is 6.03. The van der Waals surface area contributed by atoms with Gasteiger partial charge in [-0.05, 0) is 84.3 Å². The summed E-state index contributed by atoms with van der Waals surface area (Å²) in [6.45, 7) is 7.63. The second-order valence-electron chi connectivity index (χ2n) is 13.0. The van der Waals surface area contributed by atoms with E-state index < -0.39 is 25.2 Å². The maximum atomic E-state index is 13.5. The van der Waals surface area contributed by atoms with Crippen molar-refractivity contribution in [3.8, 4) is 5.75 Å². The van der Waals surface area contributed by atoms with Crippen LogP contribution in [0.5, 0.6) is 5.75 Å². The Morgan fingerprint density at radius 2 is 1.62 bits per heavy atom. The van der Waals surface area contributed by atoms with Gasteiger partial charge in [0.05, 0.1) is 11.9 Å². The molecule has 2 aromatic carbocycles. The lowest BCUT2D eigenvalue weighted by atomic mass is 9.98. The van der Waals surface area contributed by atoms with Crippen LogP contribution in [0, 0.1) is 6.92 Å². The number of rotatable bonds is 12. The quantitative estimate of drug-likeness (QED) is 0.0594. The number of hydrogen-bond acceptors (Lipinski definition) is 8. The van der Waals surface area contributed by atoms with Crippen molar-refractivity contribution in [2.45, 2.75) is 58.4 Å². The number of hydrazone groups is 1. The number of allylic oxidation sites excluding steroid dienone is 3. The molecule has 0 spiro atoms. The van der Waals surface area contributed by atoms with E-state index in [0.29, 0.717) is 40.9 Å². The number of carbonyl (C=O) groups is 2. The number of benzene rings is 2. The zero-order valence-corrected chi connectivity index (χ0v) is 29.9.